The molecule has 2 rings (SSSR count). The van der Waals surface area contributed by atoms with Gasteiger partial charge >= 0.3 is 6.18 Å². The number of hydrogen-bond donors (Lipinski definition) is 1. The second-order valence-electron chi connectivity index (χ2n) is 4.51. The normalized spacial score (nSPS) is 15.4. The summed E-state index contributed by atoms with van der Waals surface area (Å²) >= 11 is 0. The minimum absolute atomic E-state index is 0.162. The number of rotatable bonds is 6. The second kappa shape index (κ2) is 5.69. The number of nitrogens with one attached hydrogen (secondary N) is 1. The number of halogens is 3. The molecule has 0 saturated heterocycles. The molecule has 1 aromatic rings. The van der Waals surface area contributed by atoms with Gasteiger partial charge in [0.25, 0.3) is 0 Å². The quantitative estimate of drug-likeness (QED) is 0.866. The molecule has 0 aromatic heterocycles. The average molecular weight is 275 g/mol. The Balaban J connectivity index is 2.10. The number of ether oxygens (including phenoxy) is 2. The Kier molecular flexibility index (Phi) is 4.19. The molecule has 0 aliphatic heterocycles. The van der Waals surface area contributed by atoms with Gasteiger partial charge in [0.05, 0.1) is 7.11 Å². The van der Waals surface area contributed by atoms with E-state index in [0.717, 1.165) is 12.8 Å². The summed E-state index contributed by atoms with van der Waals surface area (Å²) in [6.45, 7) is -0.834. The van der Waals surface area contributed by atoms with Crippen LogP contribution in [-0.2, 0) is 6.54 Å². The van der Waals surface area contributed by atoms with E-state index < -0.39 is 12.8 Å². The SMILES string of the molecule is COc1cccc(CNC2CC2)c1OCC(F)(F)F. The van der Waals surface area contributed by atoms with E-state index in [1.54, 1.807) is 18.2 Å². The second-order valence-corrected chi connectivity index (χ2v) is 4.51. The van der Waals surface area contributed by atoms with Crippen molar-refractivity contribution in [2.75, 3.05) is 13.7 Å². The van der Waals surface area contributed by atoms with Crippen LogP contribution in [0.2, 0.25) is 0 Å². The standard InChI is InChI=1S/C13H16F3NO2/c1-18-11-4-2-3-9(7-17-10-5-6-10)12(11)19-8-13(14,15)16/h2-4,10,17H,5-8H2,1H3. The summed E-state index contributed by atoms with van der Waals surface area (Å²) < 4.78 is 46.7. The van der Waals surface area contributed by atoms with E-state index in [1.165, 1.54) is 7.11 Å². The molecule has 106 valence electrons. The van der Waals surface area contributed by atoms with Gasteiger partial charge in [-0.3, -0.25) is 0 Å². The molecule has 1 aromatic carbocycles. The lowest BCUT2D eigenvalue weighted by molar-refractivity contribution is -0.153. The van der Waals surface area contributed by atoms with E-state index in [9.17, 15) is 13.2 Å². The van der Waals surface area contributed by atoms with Crippen LogP contribution in [-0.4, -0.2) is 25.9 Å². The third-order valence-corrected chi connectivity index (χ3v) is 2.82. The van der Waals surface area contributed by atoms with Gasteiger partial charge in [-0.25, -0.2) is 0 Å². The molecular weight excluding hydrogens is 259 g/mol. The number of para-hydroxylation sites is 1. The summed E-state index contributed by atoms with van der Waals surface area (Å²) in [5.41, 5.74) is 0.676. The van der Waals surface area contributed by atoms with Gasteiger partial charge in [-0.15, -0.1) is 0 Å². The minimum Gasteiger partial charge on any atom is -0.493 e. The van der Waals surface area contributed by atoms with Crippen molar-refractivity contribution in [3.8, 4) is 11.5 Å². The Morgan fingerprint density at radius 3 is 2.63 bits per heavy atom. The highest BCUT2D eigenvalue weighted by Gasteiger charge is 2.29. The summed E-state index contributed by atoms with van der Waals surface area (Å²) in [6.07, 6.45) is -2.13. The summed E-state index contributed by atoms with van der Waals surface area (Å²) in [5, 5.41) is 3.24. The maximum Gasteiger partial charge on any atom is 0.422 e. The van der Waals surface area contributed by atoms with E-state index in [-0.39, 0.29) is 5.75 Å². The molecule has 1 aliphatic rings. The molecule has 0 atom stereocenters. The molecule has 0 spiro atoms. The minimum atomic E-state index is -4.36. The van der Waals surface area contributed by atoms with Crippen LogP contribution in [0, 0.1) is 0 Å². The van der Waals surface area contributed by atoms with Crippen molar-refractivity contribution in [3.63, 3.8) is 0 Å². The highest BCUT2D eigenvalue weighted by Crippen LogP contribution is 2.33. The van der Waals surface area contributed by atoms with E-state index in [2.05, 4.69) is 5.32 Å². The molecule has 1 N–H and O–H groups in total. The third kappa shape index (κ3) is 4.31. The number of alkyl halides is 3. The lowest BCUT2D eigenvalue weighted by atomic mass is 10.2. The molecule has 0 unspecified atom stereocenters. The zero-order chi connectivity index (χ0) is 13.9. The van der Waals surface area contributed by atoms with Crippen LogP contribution in [0.15, 0.2) is 18.2 Å². The molecule has 0 amide bonds. The van der Waals surface area contributed by atoms with Gasteiger partial charge < -0.3 is 14.8 Å². The van der Waals surface area contributed by atoms with Crippen molar-refractivity contribution in [3.05, 3.63) is 23.8 Å². The first-order chi connectivity index (χ1) is 8.99. The molecule has 0 bridgehead atoms. The van der Waals surface area contributed by atoms with E-state index in [1.807, 2.05) is 0 Å². The summed E-state index contributed by atoms with van der Waals surface area (Å²) in [4.78, 5) is 0. The van der Waals surface area contributed by atoms with E-state index in [0.29, 0.717) is 23.9 Å². The van der Waals surface area contributed by atoms with Crippen LogP contribution in [0.3, 0.4) is 0 Å². The predicted molar refractivity (Wildman–Crippen MR) is 64.4 cm³/mol. The maximum absolute atomic E-state index is 12.3. The highest BCUT2D eigenvalue weighted by atomic mass is 19.4. The molecule has 1 aliphatic carbocycles. The third-order valence-electron chi connectivity index (χ3n) is 2.82. The monoisotopic (exact) mass is 275 g/mol. The topological polar surface area (TPSA) is 30.5 Å². The van der Waals surface area contributed by atoms with Crippen LogP contribution in [0.4, 0.5) is 13.2 Å². The van der Waals surface area contributed by atoms with Crippen LogP contribution in [0.5, 0.6) is 11.5 Å². The summed E-state index contributed by atoms with van der Waals surface area (Å²) in [7, 11) is 1.41. The van der Waals surface area contributed by atoms with Crippen molar-refractivity contribution >= 4 is 0 Å². The summed E-state index contributed by atoms with van der Waals surface area (Å²) in [6, 6.07) is 5.54. The molecule has 0 radical (unpaired) electrons. The lowest BCUT2D eigenvalue weighted by Gasteiger charge is -2.16. The Hall–Kier alpha value is -1.43. The van der Waals surface area contributed by atoms with Crippen LogP contribution >= 0.6 is 0 Å². The number of methoxy groups -OCH3 is 1. The number of benzene rings is 1. The van der Waals surface area contributed by atoms with Crippen LogP contribution < -0.4 is 14.8 Å². The number of hydrogen-bond acceptors (Lipinski definition) is 3. The van der Waals surface area contributed by atoms with Crippen LogP contribution in [0.25, 0.3) is 0 Å². The van der Waals surface area contributed by atoms with Gasteiger partial charge in [-0.2, -0.15) is 13.2 Å². The maximum atomic E-state index is 12.3. The van der Waals surface area contributed by atoms with Gasteiger partial charge in [0.15, 0.2) is 18.1 Å². The van der Waals surface area contributed by atoms with Crippen molar-refractivity contribution < 1.29 is 22.6 Å². The average Bonchev–Trinajstić information content (AvgIpc) is 3.16. The predicted octanol–water partition coefficient (Wildman–Crippen LogP) is 2.89. The van der Waals surface area contributed by atoms with Gasteiger partial charge in [-0.1, -0.05) is 12.1 Å². The van der Waals surface area contributed by atoms with Gasteiger partial charge in [0, 0.05) is 18.2 Å². The molecule has 0 heterocycles. The Morgan fingerprint density at radius 1 is 1.32 bits per heavy atom. The molecule has 6 heteroatoms. The fraction of sp³-hybridized carbons (Fsp3) is 0.538. The fourth-order valence-corrected chi connectivity index (χ4v) is 1.72. The summed E-state index contributed by atoms with van der Waals surface area (Å²) in [5.74, 6) is 0.481. The molecule has 1 fully saturated rings. The largest absolute Gasteiger partial charge is 0.493 e. The zero-order valence-corrected chi connectivity index (χ0v) is 10.6. The molecular formula is C13H16F3NO2. The first-order valence-electron chi connectivity index (χ1n) is 6.08. The Labute approximate surface area is 109 Å². The van der Waals surface area contributed by atoms with Crippen molar-refractivity contribution in [1.82, 2.24) is 5.32 Å². The van der Waals surface area contributed by atoms with Crippen LogP contribution in [0.1, 0.15) is 18.4 Å². The lowest BCUT2D eigenvalue weighted by Crippen LogP contribution is -2.21. The first-order valence-corrected chi connectivity index (χ1v) is 6.08. The highest BCUT2D eigenvalue weighted by molar-refractivity contribution is 5.46. The Morgan fingerprint density at radius 2 is 2.05 bits per heavy atom. The van der Waals surface area contributed by atoms with Gasteiger partial charge in [-0.05, 0) is 18.9 Å². The zero-order valence-electron chi connectivity index (χ0n) is 10.6. The Bertz CT molecular complexity index is 430. The first kappa shape index (κ1) is 14.0. The van der Waals surface area contributed by atoms with E-state index in [4.69, 9.17) is 9.47 Å². The van der Waals surface area contributed by atoms with Gasteiger partial charge in [0.1, 0.15) is 0 Å². The van der Waals surface area contributed by atoms with Crippen molar-refractivity contribution in [1.29, 1.82) is 0 Å². The van der Waals surface area contributed by atoms with E-state index >= 15 is 0 Å². The fourth-order valence-electron chi connectivity index (χ4n) is 1.72. The molecule has 3 nitrogen and oxygen atoms in total. The smallest absolute Gasteiger partial charge is 0.422 e. The van der Waals surface area contributed by atoms with Crippen molar-refractivity contribution in [2.45, 2.75) is 31.6 Å². The molecule has 19 heavy (non-hydrogen) atoms. The van der Waals surface area contributed by atoms with Crippen molar-refractivity contribution in [2.24, 2.45) is 0 Å². The van der Waals surface area contributed by atoms with Gasteiger partial charge in [0.2, 0.25) is 0 Å². The molecule has 1 saturated carbocycles.